The van der Waals surface area contributed by atoms with Gasteiger partial charge in [-0.2, -0.15) is 13.2 Å². The fourth-order valence-corrected chi connectivity index (χ4v) is 1.67. The number of amides is 1. The number of hydrogen-bond acceptors (Lipinski definition) is 4. The van der Waals surface area contributed by atoms with Crippen molar-refractivity contribution in [3.05, 3.63) is 17.3 Å². The lowest BCUT2D eigenvalue weighted by Crippen LogP contribution is -2.28. The first kappa shape index (κ1) is 18.9. The fourth-order valence-electron chi connectivity index (χ4n) is 1.57. The molecule has 0 radical (unpaired) electrons. The number of carbonyl (C=O) groups excluding carboxylic acids is 1. The van der Waals surface area contributed by atoms with Crippen molar-refractivity contribution in [3.8, 4) is 0 Å². The predicted molar refractivity (Wildman–Crippen MR) is 84.2 cm³/mol. The number of anilines is 2. The van der Waals surface area contributed by atoms with Gasteiger partial charge in [-0.1, -0.05) is 0 Å². The van der Waals surface area contributed by atoms with E-state index < -0.39 is 29.3 Å². The van der Waals surface area contributed by atoms with Gasteiger partial charge in [0, 0.05) is 0 Å². The van der Waals surface area contributed by atoms with E-state index >= 15 is 0 Å². The van der Waals surface area contributed by atoms with Crippen LogP contribution in [0.2, 0.25) is 0 Å². The maximum Gasteiger partial charge on any atom is 0.420 e. The van der Waals surface area contributed by atoms with Gasteiger partial charge in [-0.3, -0.25) is 5.32 Å². The molecule has 128 valence electrons. The van der Waals surface area contributed by atoms with E-state index in [-0.39, 0.29) is 16.5 Å². The van der Waals surface area contributed by atoms with Gasteiger partial charge in [0.25, 0.3) is 0 Å². The second kappa shape index (κ2) is 6.57. The van der Waals surface area contributed by atoms with Crippen LogP contribution < -0.4 is 16.4 Å². The molecular weight excluding hydrogens is 333 g/mol. The molecule has 0 aliphatic rings. The number of thiocarbonyl (C=S) groups is 1. The molecule has 0 atom stereocenters. The molecule has 0 bridgehead atoms. The van der Waals surface area contributed by atoms with E-state index in [2.05, 4.69) is 27.8 Å². The Hall–Kier alpha value is -2.10. The number of hydrogen-bond donors (Lipinski definition) is 3. The number of aromatic nitrogens is 1. The molecule has 4 N–H and O–H groups in total. The smallest absolute Gasteiger partial charge is 0.420 e. The summed E-state index contributed by atoms with van der Waals surface area (Å²) in [6, 6.07) is 0.743. The van der Waals surface area contributed by atoms with E-state index in [1.165, 1.54) is 6.92 Å². The normalized spacial score (nSPS) is 11.8. The van der Waals surface area contributed by atoms with Crippen LogP contribution >= 0.6 is 12.2 Å². The molecule has 23 heavy (non-hydrogen) atoms. The SMILES string of the molecule is Cc1nc(NC(N)=S)c(C(F)(F)F)cc1NC(=O)OC(C)(C)C. The van der Waals surface area contributed by atoms with Gasteiger partial charge in [0.05, 0.1) is 11.4 Å². The van der Waals surface area contributed by atoms with Crippen LogP contribution in [0.3, 0.4) is 0 Å². The number of rotatable bonds is 2. The van der Waals surface area contributed by atoms with Gasteiger partial charge < -0.3 is 15.8 Å². The fraction of sp³-hybridized carbons (Fsp3) is 0.462. The van der Waals surface area contributed by atoms with Crippen molar-refractivity contribution in [3.63, 3.8) is 0 Å². The number of alkyl halides is 3. The van der Waals surface area contributed by atoms with Gasteiger partial charge in [0.1, 0.15) is 17.0 Å². The first-order valence-corrected chi connectivity index (χ1v) is 6.85. The predicted octanol–water partition coefficient (Wildman–Crippen LogP) is 3.41. The largest absolute Gasteiger partial charge is 0.444 e. The lowest BCUT2D eigenvalue weighted by molar-refractivity contribution is -0.137. The number of nitrogens with zero attached hydrogens (tertiary/aromatic N) is 1. The molecule has 1 amide bonds. The lowest BCUT2D eigenvalue weighted by Gasteiger charge is -2.21. The molecule has 0 aliphatic heterocycles. The molecule has 0 unspecified atom stereocenters. The van der Waals surface area contributed by atoms with Gasteiger partial charge in [0.2, 0.25) is 0 Å². The molecule has 0 aliphatic carbocycles. The summed E-state index contributed by atoms with van der Waals surface area (Å²) in [5.74, 6) is -0.530. The van der Waals surface area contributed by atoms with Crippen molar-refractivity contribution in [2.75, 3.05) is 10.6 Å². The maximum absolute atomic E-state index is 13.1. The minimum atomic E-state index is -4.71. The van der Waals surface area contributed by atoms with Crippen LogP contribution in [0.15, 0.2) is 6.07 Å². The summed E-state index contributed by atoms with van der Waals surface area (Å²) in [7, 11) is 0. The zero-order valence-electron chi connectivity index (χ0n) is 13.0. The number of pyridine rings is 1. The summed E-state index contributed by atoms with van der Waals surface area (Å²) in [6.07, 6.45) is -5.59. The monoisotopic (exact) mass is 350 g/mol. The standard InChI is InChI=1S/C13H17F3N4O2S/c1-6-8(19-11(21)22-12(2,3)4)5-7(13(14,15)16)9(18-6)20-10(17)23/h5H,1-4H3,(H,19,21)(H3,17,18,20,23). The summed E-state index contributed by atoms with van der Waals surface area (Å²) >= 11 is 4.54. The molecule has 0 aromatic carbocycles. The highest BCUT2D eigenvalue weighted by atomic mass is 32.1. The Bertz CT molecular complexity index is 627. The minimum absolute atomic E-state index is 0.125. The van der Waals surface area contributed by atoms with E-state index in [1.807, 2.05) is 0 Å². The molecule has 10 heteroatoms. The Morgan fingerprint density at radius 3 is 2.30 bits per heavy atom. The second-order valence-corrected chi connectivity index (χ2v) is 6.07. The molecule has 0 saturated carbocycles. The third kappa shape index (κ3) is 5.89. The van der Waals surface area contributed by atoms with Gasteiger partial charge in [-0.25, -0.2) is 9.78 Å². The van der Waals surface area contributed by atoms with E-state index in [0.717, 1.165) is 6.07 Å². The Kier molecular flexibility index (Phi) is 5.41. The van der Waals surface area contributed by atoms with Gasteiger partial charge in [-0.05, 0) is 46.0 Å². The Morgan fingerprint density at radius 1 is 1.30 bits per heavy atom. The van der Waals surface area contributed by atoms with Crippen molar-refractivity contribution < 1.29 is 22.7 Å². The van der Waals surface area contributed by atoms with Crippen molar-refractivity contribution in [1.29, 1.82) is 0 Å². The summed E-state index contributed by atoms with van der Waals surface area (Å²) in [6.45, 7) is 6.33. The molecule has 0 spiro atoms. The highest BCUT2D eigenvalue weighted by Gasteiger charge is 2.35. The number of ether oxygens (including phenoxy) is 1. The van der Waals surface area contributed by atoms with Crippen molar-refractivity contribution in [2.24, 2.45) is 5.73 Å². The molecule has 0 saturated heterocycles. The number of nitrogens with two attached hydrogens (primary N) is 1. The molecule has 1 heterocycles. The molecular formula is C13H17F3N4O2S. The van der Waals surface area contributed by atoms with E-state index in [1.54, 1.807) is 20.8 Å². The Morgan fingerprint density at radius 2 is 1.87 bits per heavy atom. The zero-order chi connectivity index (χ0) is 18.0. The third-order valence-electron chi connectivity index (χ3n) is 2.40. The van der Waals surface area contributed by atoms with Crippen molar-refractivity contribution in [2.45, 2.75) is 39.5 Å². The number of halogens is 3. The quantitative estimate of drug-likeness (QED) is 0.708. The summed E-state index contributed by atoms with van der Waals surface area (Å²) in [5.41, 5.74) is 3.32. The topological polar surface area (TPSA) is 89.3 Å². The average Bonchev–Trinajstić information content (AvgIpc) is 2.27. The van der Waals surface area contributed by atoms with Gasteiger partial charge >= 0.3 is 12.3 Å². The van der Waals surface area contributed by atoms with Crippen LogP contribution in [0.1, 0.15) is 32.0 Å². The zero-order valence-corrected chi connectivity index (χ0v) is 13.8. The Balaban J connectivity index is 3.20. The van der Waals surface area contributed by atoms with Gasteiger partial charge in [0.15, 0.2) is 5.11 Å². The number of aryl methyl sites for hydroxylation is 1. The van der Waals surface area contributed by atoms with Crippen molar-refractivity contribution in [1.82, 2.24) is 4.98 Å². The van der Waals surface area contributed by atoms with E-state index in [0.29, 0.717) is 0 Å². The van der Waals surface area contributed by atoms with Crippen LogP contribution in [0.4, 0.5) is 29.5 Å². The van der Waals surface area contributed by atoms with Crippen LogP contribution in [-0.4, -0.2) is 21.8 Å². The van der Waals surface area contributed by atoms with Crippen LogP contribution in [0.25, 0.3) is 0 Å². The van der Waals surface area contributed by atoms with Gasteiger partial charge in [-0.15, -0.1) is 0 Å². The third-order valence-corrected chi connectivity index (χ3v) is 2.50. The number of carbonyl (C=O) groups is 1. The van der Waals surface area contributed by atoms with Crippen molar-refractivity contribution >= 4 is 34.9 Å². The van der Waals surface area contributed by atoms with Crippen LogP contribution in [0, 0.1) is 6.92 Å². The molecule has 1 aromatic heterocycles. The minimum Gasteiger partial charge on any atom is -0.444 e. The first-order valence-electron chi connectivity index (χ1n) is 6.45. The second-order valence-electron chi connectivity index (χ2n) is 5.63. The Labute approximate surface area is 136 Å². The highest BCUT2D eigenvalue weighted by Crippen LogP contribution is 2.36. The van der Waals surface area contributed by atoms with Crippen LogP contribution in [0.5, 0.6) is 0 Å². The van der Waals surface area contributed by atoms with E-state index in [9.17, 15) is 18.0 Å². The average molecular weight is 350 g/mol. The maximum atomic E-state index is 13.1. The molecule has 1 rings (SSSR count). The highest BCUT2D eigenvalue weighted by molar-refractivity contribution is 7.80. The van der Waals surface area contributed by atoms with E-state index in [4.69, 9.17) is 10.5 Å². The van der Waals surface area contributed by atoms with Crippen LogP contribution in [-0.2, 0) is 10.9 Å². The summed E-state index contributed by atoms with van der Waals surface area (Å²) in [4.78, 5) is 15.5. The molecule has 0 fully saturated rings. The molecule has 1 aromatic rings. The summed E-state index contributed by atoms with van der Waals surface area (Å²) in [5, 5.41) is 4.07. The summed E-state index contributed by atoms with van der Waals surface area (Å²) < 4.78 is 44.3. The lowest BCUT2D eigenvalue weighted by atomic mass is 10.2. The molecule has 6 nitrogen and oxygen atoms in total. The first-order chi connectivity index (χ1) is 10.3. The number of nitrogens with one attached hydrogen (secondary N) is 2.